The fourth-order valence-electron chi connectivity index (χ4n) is 3.48. The summed E-state index contributed by atoms with van der Waals surface area (Å²) in [6.45, 7) is 21.3. The Labute approximate surface area is 165 Å². The van der Waals surface area contributed by atoms with Gasteiger partial charge in [-0.15, -0.1) is 0 Å². The third-order valence-corrected chi connectivity index (χ3v) is 6.18. The zero-order valence-electron chi connectivity index (χ0n) is 17.8. The Morgan fingerprint density at radius 1 is 0.808 bits per heavy atom. The summed E-state index contributed by atoms with van der Waals surface area (Å²) in [6.07, 6.45) is 3.79. The lowest BCUT2D eigenvalue weighted by Crippen LogP contribution is -2.48. The van der Waals surface area contributed by atoms with Crippen LogP contribution in [0.25, 0.3) is 0 Å². The van der Waals surface area contributed by atoms with E-state index in [1.165, 1.54) is 84.2 Å². The molecule has 6 heteroatoms. The summed E-state index contributed by atoms with van der Waals surface area (Å²) >= 11 is 0. The highest BCUT2D eigenvalue weighted by atomic mass is 28.2. The Hall–Kier alpha value is 0.0169. The van der Waals surface area contributed by atoms with E-state index >= 15 is 0 Å². The van der Waals surface area contributed by atoms with Crippen LogP contribution < -0.4 is 0 Å². The van der Waals surface area contributed by atoms with Crippen molar-refractivity contribution in [2.75, 3.05) is 72.1 Å². The van der Waals surface area contributed by atoms with Crippen LogP contribution in [0.1, 0.15) is 47.0 Å². The lowest BCUT2D eigenvalue weighted by molar-refractivity contribution is -0.0828. The SMILES string of the molecule is CCCN(CCC)CCN1CCN(CCC[Si]C(OCC)OCC)CC1. The Morgan fingerprint density at radius 2 is 1.35 bits per heavy atom. The molecule has 0 spiro atoms. The molecule has 0 aromatic carbocycles. The normalized spacial score (nSPS) is 16.8. The van der Waals surface area contributed by atoms with Gasteiger partial charge >= 0.3 is 0 Å². The van der Waals surface area contributed by atoms with Crippen LogP contribution in [0, 0.1) is 0 Å². The van der Waals surface area contributed by atoms with Crippen LogP contribution in [0.2, 0.25) is 6.04 Å². The third-order valence-electron chi connectivity index (χ3n) is 4.88. The van der Waals surface area contributed by atoms with E-state index in [1.54, 1.807) is 0 Å². The van der Waals surface area contributed by atoms with E-state index < -0.39 is 0 Å². The molecule has 0 aromatic heterocycles. The van der Waals surface area contributed by atoms with Crippen molar-refractivity contribution in [3.05, 3.63) is 0 Å². The lowest BCUT2D eigenvalue weighted by Gasteiger charge is -2.36. The van der Waals surface area contributed by atoms with Crippen LogP contribution >= 0.6 is 0 Å². The molecule has 0 saturated carbocycles. The molecule has 5 nitrogen and oxygen atoms in total. The van der Waals surface area contributed by atoms with Gasteiger partial charge in [0.15, 0.2) is 0 Å². The molecular formula is C20H43N3O2Si. The molecule has 1 aliphatic rings. The summed E-state index contributed by atoms with van der Waals surface area (Å²) in [5.74, 6) is 0.0241. The first-order chi connectivity index (χ1) is 12.7. The molecule has 0 aliphatic carbocycles. The highest BCUT2D eigenvalue weighted by Gasteiger charge is 2.17. The summed E-state index contributed by atoms with van der Waals surface area (Å²) < 4.78 is 11.3. The molecule has 2 radical (unpaired) electrons. The standard InChI is InChI=1S/C20H43N3O2Si/c1-5-10-21(11-6-2)13-16-23-17-14-22(15-18-23)12-9-19-26-20(24-7-3)25-8-4/h20H,5-19H2,1-4H3. The molecule has 0 atom stereocenters. The predicted octanol–water partition coefficient (Wildman–Crippen LogP) is 2.60. The number of nitrogens with zero attached hydrogens (tertiary/aromatic N) is 3. The van der Waals surface area contributed by atoms with Crippen molar-refractivity contribution in [2.45, 2.75) is 58.9 Å². The fraction of sp³-hybridized carbons (Fsp3) is 1.00. The van der Waals surface area contributed by atoms with Crippen LogP contribution in [0.15, 0.2) is 0 Å². The first-order valence-corrected chi connectivity index (χ1v) is 12.1. The molecule has 0 unspecified atom stereocenters. The minimum atomic E-state index is 0.0241. The van der Waals surface area contributed by atoms with Gasteiger partial charge in [0.1, 0.15) is 15.4 Å². The van der Waals surface area contributed by atoms with Crippen molar-refractivity contribution in [2.24, 2.45) is 0 Å². The second-order valence-corrected chi connectivity index (χ2v) is 8.45. The second-order valence-electron chi connectivity index (χ2n) is 7.08. The largest absolute Gasteiger partial charge is 0.357 e. The quantitative estimate of drug-likeness (QED) is 0.231. The van der Waals surface area contributed by atoms with Gasteiger partial charge in [0.05, 0.1) is 0 Å². The van der Waals surface area contributed by atoms with Gasteiger partial charge in [0.2, 0.25) is 0 Å². The van der Waals surface area contributed by atoms with E-state index in [0.717, 1.165) is 22.7 Å². The molecule has 0 bridgehead atoms. The van der Waals surface area contributed by atoms with E-state index in [-0.39, 0.29) is 5.91 Å². The average molecular weight is 386 g/mol. The van der Waals surface area contributed by atoms with Crippen molar-refractivity contribution in [1.29, 1.82) is 0 Å². The highest BCUT2D eigenvalue weighted by Crippen LogP contribution is 2.06. The van der Waals surface area contributed by atoms with E-state index in [2.05, 4.69) is 28.5 Å². The van der Waals surface area contributed by atoms with Crippen LogP contribution in [-0.2, 0) is 9.47 Å². The molecule has 1 aliphatic heterocycles. The fourth-order valence-corrected chi connectivity index (χ4v) is 4.65. The van der Waals surface area contributed by atoms with Crippen LogP contribution in [0.3, 0.4) is 0 Å². The van der Waals surface area contributed by atoms with Gasteiger partial charge in [-0.05, 0) is 52.7 Å². The second kappa shape index (κ2) is 16.0. The average Bonchev–Trinajstić information content (AvgIpc) is 2.65. The van der Waals surface area contributed by atoms with Gasteiger partial charge in [-0.3, -0.25) is 4.90 Å². The topological polar surface area (TPSA) is 28.2 Å². The summed E-state index contributed by atoms with van der Waals surface area (Å²) in [5, 5.41) is 0. The summed E-state index contributed by atoms with van der Waals surface area (Å²) in [6, 6.07) is 1.22. The molecule has 1 heterocycles. The van der Waals surface area contributed by atoms with E-state index in [4.69, 9.17) is 9.47 Å². The molecule has 1 rings (SSSR count). The summed E-state index contributed by atoms with van der Waals surface area (Å²) in [7, 11) is 0.762. The molecular weight excluding hydrogens is 342 g/mol. The van der Waals surface area contributed by atoms with Gasteiger partial charge in [-0.1, -0.05) is 19.9 Å². The Bertz CT molecular complexity index is 303. The first kappa shape index (κ1) is 24.1. The maximum Gasteiger partial charge on any atom is 0.137 e. The van der Waals surface area contributed by atoms with Crippen LogP contribution in [-0.4, -0.2) is 102 Å². The smallest absolute Gasteiger partial charge is 0.137 e. The van der Waals surface area contributed by atoms with Gasteiger partial charge in [0.25, 0.3) is 0 Å². The summed E-state index contributed by atoms with van der Waals surface area (Å²) in [5.41, 5.74) is 0. The van der Waals surface area contributed by atoms with Gasteiger partial charge < -0.3 is 19.3 Å². The van der Waals surface area contributed by atoms with Gasteiger partial charge in [-0.2, -0.15) is 0 Å². The number of ether oxygens (including phenoxy) is 2. The number of hydrogen-bond donors (Lipinski definition) is 0. The molecule has 0 aromatic rings. The van der Waals surface area contributed by atoms with E-state index in [9.17, 15) is 0 Å². The molecule has 0 amide bonds. The Kier molecular flexibility index (Phi) is 14.8. The monoisotopic (exact) mass is 385 g/mol. The maximum atomic E-state index is 5.64. The summed E-state index contributed by atoms with van der Waals surface area (Å²) in [4.78, 5) is 7.91. The van der Waals surface area contributed by atoms with Crippen molar-refractivity contribution in [3.63, 3.8) is 0 Å². The minimum absolute atomic E-state index is 0.0241. The third kappa shape index (κ3) is 11.0. The highest BCUT2D eigenvalue weighted by molar-refractivity contribution is 6.36. The van der Waals surface area contributed by atoms with Crippen LogP contribution in [0.4, 0.5) is 0 Å². The van der Waals surface area contributed by atoms with Crippen molar-refractivity contribution >= 4 is 9.52 Å². The molecule has 1 saturated heterocycles. The molecule has 1 fully saturated rings. The predicted molar refractivity (Wildman–Crippen MR) is 112 cm³/mol. The number of rotatable bonds is 16. The molecule has 0 N–H and O–H groups in total. The van der Waals surface area contributed by atoms with Crippen molar-refractivity contribution in [1.82, 2.24) is 14.7 Å². The molecule has 26 heavy (non-hydrogen) atoms. The van der Waals surface area contributed by atoms with Gasteiger partial charge in [-0.25, -0.2) is 0 Å². The number of hydrogen-bond acceptors (Lipinski definition) is 5. The number of piperazine rings is 1. The lowest BCUT2D eigenvalue weighted by atomic mass is 10.3. The first-order valence-electron chi connectivity index (χ1n) is 10.9. The van der Waals surface area contributed by atoms with E-state index in [1.807, 2.05) is 13.8 Å². The van der Waals surface area contributed by atoms with Crippen LogP contribution in [0.5, 0.6) is 0 Å². The zero-order valence-corrected chi connectivity index (χ0v) is 18.8. The van der Waals surface area contributed by atoms with E-state index in [0.29, 0.717) is 0 Å². The zero-order chi connectivity index (χ0) is 19.0. The Balaban J connectivity index is 2.10. The van der Waals surface area contributed by atoms with Crippen molar-refractivity contribution in [3.8, 4) is 0 Å². The maximum absolute atomic E-state index is 5.64. The minimum Gasteiger partial charge on any atom is -0.357 e. The Morgan fingerprint density at radius 3 is 1.85 bits per heavy atom. The molecule has 154 valence electrons. The van der Waals surface area contributed by atoms with Crippen molar-refractivity contribution < 1.29 is 9.47 Å². The van der Waals surface area contributed by atoms with Gasteiger partial charge in [0, 0.05) is 52.5 Å².